The van der Waals surface area contributed by atoms with Gasteiger partial charge in [0.05, 0.1) is 18.6 Å². The quantitative estimate of drug-likeness (QED) is 0.159. The van der Waals surface area contributed by atoms with Crippen LogP contribution in [-0.2, 0) is 90.5 Å². The smallest absolute Gasteiger partial charge is 0.333 e. The minimum Gasteiger partial charge on any atom is -0.463 e. The van der Waals surface area contributed by atoms with Gasteiger partial charge in [0.1, 0.15) is 12.7 Å². The van der Waals surface area contributed by atoms with Gasteiger partial charge >= 0.3 is 41.8 Å². The highest BCUT2D eigenvalue weighted by Gasteiger charge is 2.57. The molecule has 0 aliphatic carbocycles. The lowest BCUT2D eigenvalue weighted by atomic mass is 9.96. The first-order valence-corrected chi connectivity index (χ1v) is 22.7. The third-order valence-corrected chi connectivity index (χ3v) is 11.1. The van der Waals surface area contributed by atoms with Crippen LogP contribution in [0.3, 0.4) is 0 Å². The summed E-state index contributed by atoms with van der Waals surface area (Å²) in [4.78, 5) is 104. The van der Waals surface area contributed by atoms with E-state index < -0.39 is 134 Å². The molecule has 0 N–H and O–H groups in total. The van der Waals surface area contributed by atoms with Crippen molar-refractivity contribution in [1.82, 2.24) is 0 Å². The van der Waals surface area contributed by atoms with Crippen molar-refractivity contribution >= 4 is 53.6 Å². The lowest BCUT2D eigenvalue weighted by Crippen LogP contribution is -2.67. The molecule has 1 aromatic carbocycles. The summed E-state index contributed by atoms with van der Waals surface area (Å²) < 4.78 is 66.3. The van der Waals surface area contributed by atoms with Gasteiger partial charge in [-0.25, -0.2) is 9.59 Å². The molecule has 0 amide bonds. The maximum absolute atomic E-state index is 13.7. The lowest BCUT2D eigenvalue weighted by molar-refractivity contribution is -0.370. The van der Waals surface area contributed by atoms with Crippen molar-refractivity contribution in [3.8, 4) is 0 Å². The van der Waals surface area contributed by atoms with Crippen LogP contribution in [0.25, 0.3) is 6.08 Å². The van der Waals surface area contributed by atoms with Gasteiger partial charge in [-0.05, 0) is 58.1 Å². The summed E-state index contributed by atoms with van der Waals surface area (Å²) in [5.74, 6) is -6.39. The highest BCUT2D eigenvalue weighted by molar-refractivity contribution is 5.89. The molecule has 0 spiro atoms. The maximum Gasteiger partial charge on any atom is 0.333 e. The van der Waals surface area contributed by atoms with Crippen molar-refractivity contribution in [2.45, 2.75) is 187 Å². The number of benzene rings is 1. The predicted molar refractivity (Wildman–Crippen MR) is 233 cm³/mol. The normalized spacial score (nSPS) is 30.4. The monoisotopic (exact) mass is 944 g/mol. The SMILES string of the molecule is C/C=C(\C)C(=O)O[C@@H]1[C@@H](OC(C)=O)[C@@H]2O[C@H]3[C@H](O[C@@H](CCC)CCCCC[C@H](OC(C)=O)C(=O)CCC(=O)OC[C@@H](O2)[C@H]1OC(=O)/C=C/c1ccccc1)O[C@H](C)[C@H](OC(C)=O)[C@@H]3OC(C)=O. The fraction of sp³-hybridized carbons (Fsp3) is 0.625. The summed E-state index contributed by atoms with van der Waals surface area (Å²) in [5, 5.41) is 0. The molecule has 0 saturated carbocycles. The molecular weight excluding hydrogens is 881 g/mol. The minimum absolute atomic E-state index is 0.108. The maximum atomic E-state index is 13.7. The van der Waals surface area contributed by atoms with E-state index in [0.717, 1.165) is 26.8 Å². The number of hydrogen-bond acceptors (Lipinski definition) is 19. The van der Waals surface area contributed by atoms with Crippen molar-refractivity contribution in [3.63, 3.8) is 0 Å². The van der Waals surface area contributed by atoms with E-state index in [1.54, 1.807) is 44.2 Å². The number of hydrogen-bond donors (Lipinski definition) is 0. The van der Waals surface area contributed by atoms with E-state index in [0.29, 0.717) is 44.1 Å². The molecule has 3 heterocycles. The van der Waals surface area contributed by atoms with E-state index in [2.05, 4.69) is 0 Å². The standard InChI is InChI=1S/C48H64O19/c1-9-17-34-20-15-12-16-21-36(59-29(5)49)35(53)23-25-38(54)57-26-37-41(65-39(55)24-22-33-18-13-11-14-19-33)43(66-46(56)27(3)10-2)44(62-32(8)52)48(64-37)67-45-42(61-31(7)51)40(60-30(6)50)28(4)58-47(45)63-34/h10-11,13-14,18-19,22,24,28,34,36-37,40-45,47-48H,9,12,15-17,20-21,23,25-26H2,1-8H3/b24-22+,27-10+/t28-,34+,36+,37-,40+,41-,42+,43+,44-,45-,47+,48+/m1/s1. The van der Waals surface area contributed by atoms with Gasteiger partial charge in [-0.3, -0.25) is 28.8 Å². The van der Waals surface area contributed by atoms with Gasteiger partial charge in [0, 0.05) is 45.8 Å². The van der Waals surface area contributed by atoms with Crippen molar-refractivity contribution in [3.05, 3.63) is 53.6 Å². The van der Waals surface area contributed by atoms with E-state index in [-0.39, 0.29) is 18.4 Å². The first-order chi connectivity index (χ1) is 31.9. The van der Waals surface area contributed by atoms with Crippen molar-refractivity contribution in [2.75, 3.05) is 6.61 Å². The molecule has 19 heteroatoms. The summed E-state index contributed by atoms with van der Waals surface area (Å²) in [6, 6.07) is 8.76. The third-order valence-electron chi connectivity index (χ3n) is 11.1. The van der Waals surface area contributed by atoms with Gasteiger partial charge in [0.25, 0.3) is 0 Å². The van der Waals surface area contributed by atoms with E-state index in [1.165, 1.54) is 26.0 Å². The highest BCUT2D eigenvalue weighted by atomic mass is 16.8. The van der Waals surface area contributed by atoms with Crippen molar-refractivity contribution in [1.29, 1.82) is 0 Å². The van der Waals surface area contributed by atoms with Crippen LogP contribution in [0.5, 0.6) is 0 Å². The second-order valence-electron chi connectivity index (χ2n) is 16.5. The Bertz CT molecular complexity index is 1930. The number of carbonyl (C=O) groups excluding carboxylic acids is 8. The molecule has 4 rings (SSSR count). The number of carbonyl (C=O) groups is 8. The van der Waals surface area contributed by atoms with Crippen LogP contribution in [0, 0.1) is 0 Å². The first-order valence-electron chi connectivity index (χ1n) is 22.7. The highest BCUT2D eigenvalue weighted by Crippen LogP contribution is 2.37. The van der Waals surface area contributed by atoms with E-state index >= 15 is 0 Å². The van der Waals surface area contributed by atoms with E-state index in [9.17, 15) is 38.4 Å². The van der Waals surface area contributed by atoms with Gasteiger partial charge in [-0.2, -0.15) is 0 Å². The lowest BCUT2D eigenvalue weighted by Gasteiger charge is -2.48. The Balaban J connectivity index is 1.90. The summed E-state index contributed by atoms with van der Waals surface area (Å²) in [6.45, 7) is 10.4. The van der Waals surface area contributed by atoms with Gasteiger partial charge in [-0.15, -0.1) is 0 Å². The van der Waals surface area contributed by atoms with Crippen LogP contribution >= 0.6 is 0 Å². The van der Waals surface area contributed by atoms with Crippen LogP contribution in [0.2, 0.25) is 0 Å². The van der Waals surface area contributed by atoms with Gasteiger partial charge in [0.15, 0.2) is 61.1 Å². The van der Waals surface area contributed by atoms with Crippen LogP contribution in [0.1, 0.15) is 119 Å². The Morgan fingerprint density at radius 1 is 0.672 bits per heavy atom. The topological polar surface area (TPSA) is 238 Å². The number of ether oxygens (including phenoxy) is 11. The van der Waals surface area contributed by atoms with Gasteiger partial charge in [0.2, 0.25) is 0 Å². The van der Waals surface area contributed by atoms with E-state index in [1.807, 2.05) is 6.92 Å². The zero-order valence-electron chi connectivity index (χ0n) is 39.4. The van der Waals surface area contributed by atoms with Crippen LogP contribution in [0.4, 0.5) is 0 Å². The molecule has 3 saturated heterocycles. The molecule has 3 aliphatic heterocycles. The van der Waals surface area contributed by atoms with Crippen LogP contribution in [0.15, 0.2) is 48.1 Å². The Labute approximate surface area is 390 Å². The molecule has 370 valence electrons. The van der Waals surface area contributed by atoms with Crippen molar-refractivity contribution in [2.24, 2.45) is 0 Å². The average Bonchev–Trinajstić information content (AvgIpc) is 3.27. The number of fused-ring (bicyclic) bond motifs is 3. The fourth-order valence-electron chi connectivity index (χ4n) is 7.80. The third kappa shape index (κ3) is 17.0. The molecule has 19 nitrogen and oxygen atoms in total. The van der Waals surface area contributed by atoms with Gasteiger partial charge in [-0.1, -0.05) is 62.6 Å². The zero-order chi connectivity index (χ0) is 49.2. The average molecular weight is 945 g/mol. The molecule has 12 atom stereocenters. The number of allylic oxidation sites excluding steroid dienone is 1. The first kappa shape index (κ1) is 54.1. The number of rotatable bonds is 11. The number of ketones is 1. The molecule has 3 fully saturated rings. The van der Waals surface area contributed by atoms with Gasteiger partial charge < -0.3 is 52.1 Å². The molecule has 3 aliphatic rings. The number of cyclic esters (lactones) is 1. The second kappa shape index (κ2) is 26.7. The molecule has 2 bridgehead atoms. The Morgan fingerprint density at radius 2 is 1.31 bits per heavy atom. The molecule has 0 radical (unpaired) electrons. The molecular formula is C48H64O19. The summed E-state index contributed by atoms with van der Waals surface area (Å²) in [7, 11) is 0. The summed E-state index contributed by atoms with van der Waals surface area (Å²) in [6.07, 6.45) is -10.0. The Morgan fingerprint density at radius 3 is 1.96 bits per heavy atom. The largest absolute Gasteiger partial charge is 0.463 e. The number of Topliss-reactive ketones (excluding diaryl/α,β-unsaturated/α-hetero) is 1. The summed E-state index contributed by atoms with van der Waals surface area (Å²) >= 11 is 0. The molecule has 67 heavy (non-hydrogen) atoms. The number of esters is 7. The van der Waals surface area contributed by atoms with Crippen LogP contribution < -0.4 is 0 Å². The Hall–Kier alpha value is -5.50. The predicted octanol–water partition coefficient (Wildman–Crippen LogP) is 5.11. The summed E-state index contributed by atoms with van der Waals surface area (Å²) in [5.41, 5.74) is 0.743. The Kier molecular flexibility index (Phi) is 21.6. The second-order valence-corrected chi connectivity index (χ2v) is 16.5. The zero-order valence-corrected chi connectivity index (χ0v) is 39.4. The van der Waals surface area contributed by atoms with E-state index in [4.69, 9.17) is 52.1 Å². The fourth-order valence-corrected chi connectivity index (χ4v) is 7.80. The molecule has 0 aromatic heterocycles. The molecule has 0 unspecified atom stereocenters. The van der Waals surface area contributed by atoms with Crippen LogP contribution in [-0.4, -0.2) is 128 Å². The minimum atomic E-state index is -1.84. The van der Waals surface area contributed by atoms with Crippen molar-refractivity contribution < 1.29 is 90.5 Å². The molecule has 1 aromatic rings.